The van der Waals surface area contributed by atoms with Gasteiger partial charge in [-0.25, -0.2) is 0 Å². The van der Waals surface area contributed by atoms with Crippen LogP contribution in [0.4, 0.5) is 0 Å². The molecule has 0 aromatic rings. The fourth-order valence-corrected chi connectivity index (χ4v) is 2.67. The quantitative estimate of drug-likeness (QED) is 0.702. The van der Waals surface area contributed by atoms with Crippen LogP contribution in [0.25, 0.3) is 0 Å². The molecule has 0 aliphatic carbocycles. The summed E-state index contributed by atoms with van der Waals surface area (Å²) in [5.41, 5.74) is -0.786. The van der Waals surface area contributed by atoms with Gasteiger partial charge in [-0.2, -0.15) is 0 Å². The normalized spacial score (nSPS) is 19.6. The first-order chi connectivity index (χ1) is 9.73. The Hall–Kier alpha value is -0.980. The summed E-state index contributed by atoms with van der Waals surface area (Å²) in [5, 5.41) is 13.2. The molecule has 6 nitrogen and oxygen atoms in total. The maximum Gasteiger partial charge on any atom is 0.234 e. The van der Waals surface area contributed by atoms with Crippen LogP contribution in [0.5, 0.6) is 0 Å². The van der Waals surface area contributed by atoms with Gasteiger partial charge >= 0.3 is 0 Å². The fraction of sp³-hybridized carbons (Fsp3) is 0.867. The highest BCUT2D eigenvalue weighted by Crippen LogP contribution is 2.21. The Morgan fingerprint density at radius 1 is 1.33 bits per heavy atom. The first-order valence-electron chi connectivity index (χ1n) is 7.52. The average molecular weight is 300 g/mol. The minimum absolute atomic E-state index is 0.0379. The van der Waals surface area contributed by atoms with Gasteiger partial charge in [0.15, 0.2) is 5.78 Å². The van der Waals surface area contributed by atoms with Gasteiger partial charge in [-0.3, -0.25) is 14.5 Å². The number of amides is 1. The molecule has 6 heteroatoms. The Morgan fingerprint density at radius 2 is 1.90 bits per heavy atom. The van der Waals surface area contributed by atoms with E-state index < -0.39 is 11.6 Å². The molecule has 1 heterocycles. The molecule has 1 rings (SSSR count). The van der Waals surface area contributed by atoms with Gasteiger partial charge in [-0.15, -0.1) is 0 Å². The molecule has 1 atom stereocenters. The van der Waals surface area contributed by atoms with Crippen molar-refractivity contribution in [1.29, 1.82) is 0 Å². The number of carbonyl (C=O) groups is 2. The van der Waals surface area contributed by atoms with Gasteiger partial charge in [-0.1, -0.05) is 13.8 Å². The third-order valence-corrected chi connectivity index (χ3v) is 3.82. The second-order valence-corrected chi connectivity index (χ2v) is 6.41. The topological polar surface area (TPSA) is 78.9 Å². The number of hydrogen-bond donors (Lipinski definition) is 2. The zero-order valence-corrected chi connectivity index (χ0v) is 13.5. The predicted molar refractivity (Wildman–Crippen MR) is 79.9 cm³/mol. The molecule has 1 aliphatic rings. The lowest BCUT2D eigenvalue weighted by Gasteiger charge is -2.35. The van der Waals surface area contributed by atoms with Crippen LogP contribution in [0.15, 0.2) is 0 Å². The summed E-state index contributed by atoms with van der Waals surface area (Å²) in [5.74, 6) is -0.164. The van der Waals surface area contributed by atoms with E-state index in [0.29, 0.717) is 32.6 Å². The molecular weight excluding hydrogens is 272 g/mol. The first-order valence-corrected chi connectivity index (χ1v) is 7.52. The van der Waals surface area contributed by atoms with Gasteiger partial charge in [0.25, 0.3) is 0 Å². The van der Waals surface area contributed by atoms with E-state index in [1.54, 1.807) is 11.9 Å². The molecule has 1 amide bonds. The fourth-order valence-electron chi connectivity index (χ4n) is 2.67. The van der Waals surface area contributed by atoms with Crippen molar-refractivity contribution >= 4 is 11.7 Å². The number of hydrogen-bond acceptors (Lipinski definition) is 5. The van der Waals surface area contributed by atoms with E-state index in [2.05, 4.69) is 5.32 Å². The molecule has 1 unspecified atom stereocenters. The van der Waals surface area contributed by atoms with Crippen LogP contribution < -0.4 is 5.32 Å². The molecule has 21 heavy (non-hydrogen) atoms. The van der Waals surface area contributed by atoms with Crippen molar-refractivity contribution in [2.75, 3.05) is 33.4 Å². The second-order valence-electron chi connectivity index (χ2n) is 6.41. The summed E-state index contributed by atoms with van der Waals surface area (Å²) >= 11 is 0. The highest BCUT2D eigenvalue weighted by Gasteiger charge is 2.31. The van der Waals surface area contributed by atoms with Crippen molar-refractivity contribution in [3.8, 4) is 0 Å². The van der Waals surface area contributed by atoms with E-state index in [9.17, 15) is 14.7 Å². The number of ketones is 1. The Morgan fingerprint density at radius 3 is 2.38 bits per heavy atom. The maximum atomic E-state index is 12.0. The predicted octanol–water partition coefficient (Wildman–Crippen LogP) is 0.190. The Kier molecular flexibility index (Phi) is 6.77. The minimum atomic E-state index is -0.786. The Bertz CT molecular complexity index is 365. The SMILES string of the molecule is CC(=O)C(NC(=O)CN(C)CC1(O)CCOCC1)C(C)C. The molecule has 0 bridgehead atoms. The third-order valence-electron chi connectivity index (χ3n) is 3.82. The molecule has 0 radical (unpaired) electrons. The van der Waals surface area contributed by atoms with E-state index in [0.717, 1.165) is 0 Å². The van der Waals surface area contributed by atoms with Crippen molar-refractivity contribution in [2.24, 2.45) is 5.92 Å². The number of aliphatic hydroxyl groups is 1. The number of rotatable bonds is 7. The Balaban J connectivity index is 2.44. The zero-order valence-electron chi connectivity index (χ0n) is 13.5. The lowest BCUT2D eigenvalue weighted by molar-refractivity contribution is -0.129. The van der Waals surface area contributed by atoms with Crippen molar-refractivity contribution in [2.45, 2.75) is 45.3 Å². The molecule has 0 aromatic heterocycles. The second kappa shape index (κ2) is 7.87. The summed E-state index contributed by atoms with van der Waals surface area (Å²) < 4.78 is 5.24. The van der Waals surface area contributed by atoms with Crippen LogP contribution in [0.1, 0.15) is 33.6 Å². The average Bonchev–Trinajstić information content (AvgIpc) is 2.35. The first kappa shape index (κ1) is 18.1. The molecule has 1 saturated heterocycles. The maximum absolute atomic E-state index is 12.0. The molecular formula is C15H28N2O4. The minimum Gasteiger partial charge on any atom is -0.388 e. The monoisotopic (exact) mass is 300 g/mol. The summed E-state index contributed by atoms with van der Waals surface area (Å²) in [4.78, 5) is 25.3. The van der Waals surface area contributed by atoms with Crippen LogP contribution in [-0.2, 0) is 14.3 Å². The third kappa shape index (κ3) is 6.11. The summed E-state index contributed by atoms with van der Waals surface area (Å²) in [6, 6.07) is -0.447. The smallest absolute Gasteiger partial charge is 0.234 e. The number of carbonyl (C=O) groups excluding carboxylic acids is 2. The van der Waals surface area contributed by atoms with Crippen LogP contribution in [0.3, 0.4) is 0 Å². The molecule has 0 spiro atoms. The Labute approximate surface area is 126 Å². The van der Waals surface area contributed by atoms with E-state index in [1.165, 1.54) is 6.92 Å². The molecule has 122 valence electrons. The van der Waals surface area contributed by atoms with Gasteiger partial charge in [0.05, 0.1) is 18.2 Å². The number of ether oxygens (including phenoxy) is 1. The summed E-state index contributed by atoms with van der Waals surface area (Å²) in [6.45, 7) is 6.99. The molecule has 2 N–H and O–H groups in total. The van der Waals surface area contributed by atoms with Gasteiger partial charge in [0, 0.05) is 32.6 Å². The standard InChI is InChI=1S/C15H28N2O4/c1-11(2)14(12(3)18)16-13(19)9-17(4)10-15(20)5-7-21-8-6-15/h11,14,20H,5-10H2,1-4H3,(H,16,19). The molecule has 0 aromatic carbocycles. The van der Waals surface area contributed by atoms with Crippen LogP contribution >= 0.6 is 0 Å². The number of Topliss-reactive ketones (excluding diaryl/α,β-unsaturated/α-hetero) is 1. The van der Waals surface area contributed by atoms with E-state index in [1.807, 2.05) is 13.8 Å². The van der Waals surface area contributed by atoms with Gasteiger partial charge in [-0.05, 0) is 19.9 Å². The van der Waals surface area contributed by atoms with E-state index in [-0.39, 0.29) is 24.2 Å². The van der Waals surface area contributed by atoms with E-state index in [4.69, 9.17) is 4.74 Å². The molecule has 0 saturated carbocycles. The van der Waals surface area contributed by atoms with Crippen molar-refractivity contribution < 1.29 is 19.4 Å². The lowest BCUT2D eigenvalue weighted by Crippen LogP contribution is -2.50. The van der Waals surface area contributed by atoms with Gasteiger partial charge in [0.2, 0.25) is 5.91 Å². The summed E-state index contributed by atoms with van der Waals surface area (Å²) in [7, 11) is 1.80. The number of likely N-dealkylation sites (N-methyl/N-ethyl adjacent to an activating group) is 1. The molecule has 1 fully saturated rings. The van der Waals surface area contributed by atoms with Gasteiger partial charge in [0.1, 0.15) is 0 Å². The highest BCUT2D eigenvalue weighted by atomic mass is 16.5. The van der Waals surface area contributed by atoms with Gasteiger partial charge < -0.3 is 15.2 Å². The molecule has 1 aliphatic heterocycles. The largest absolute Gasteiger partial charge is 0.388 e. The van der Waals surface area contributed by atoms with E-state index >= 15 is 0 Å². The number of nitrogens with one attached hydrogen (secondary N) is 1. The van der Waals surface area contributed by atoms with Crippen LogP contribution in [0, 0.1) is 5.92 Å². The lowest BCUT2D eigenvalue weighted by atomic mass is 9.94. The highest BCUT2D eigenvalue weighted by molar-refractivity contribution is 5.88. The number of nitrogens with zero attached hydrogens (tertiary/aromatic N) is 1. The van der Waals surface area contributed by atoms with Crippen molar-refractivity contribution in [3.05, 3.63) is 0 Å². The van der Waals surface area contributed by atoms with Crippen LogP contribution in [0.2, 0.25) is 0 Å². The summed E-state index contributed by atoms with van der Waals surface area (Å²) in [6.07, 6.45) is 1.17. The van der Waals surface area contributed by atoms with Crippen molar-refractivity contribution in [1.82, 2.24) is 10.2 Å². The van der Waals surface area contributed by atoms with Crippen LogP contribution in [-0.4, -0.2) is 66.7 Å². The zero-order chi connectivity index (χ0) is 16.0. The van der Waals surface area contributed by atoms with Crippen molar-refractivity contribution in [3.63, 3.8) is 0 Å².